The van der Waals surface area contributed by atoms with Crippen LogP contribution in [0.1, 0.15) is 62.7 Å². The predicted molar refractivity (Wildman–Crippen MR) is 132 cm³/mol. The zero-order valence-electron chi connectivity index (χ0n) is 18.4. The minimum absolute atomic E-state index is 0.0501. The van der Waals surface area contributed by atoms with Gasteiger partial charge in [-0.1, -0.05) is 70.0 Å². The lowest BCUT2D eigenvalue weighted by Crippen LogP contribution is -2.69. The summed E-state index contributed by atoms with van der Waals surface area (Å²) in [7, 11) is 0. The van der Waals surface area contributed by atoms with Crippen LogP contribution in [0.3, 0.4) is 0 Å². The molecule has 32 heavy (non-hydrogen) atoms. The van der Waals surface area contributed by atoms with Gasteiger partial charge in [-0.3, -0.25) is 9.59 Å². The molecule has 4 nitrogen and oxygen atoms in total. The molecule has 0 bridgehead atoms. The maximum atomic E-state index is 14.0. The second-order valence-electron chi connectivity index (χ2n) is 9.62. The number of piperazine rings is 1. The van der Waals surface area contributed by atoms with Crippen molar-refractivity contribution < 1.29 is 9.59 Å². The smallest absolute Gasteiger partial charge is 0.246 e. The van der Waals surface area contributed by atoms with E-state index in [-0.39, 0.29) is 36.0 Å². The summed E-state index contributed by atoms with van der Waals surface area (Å²) in [5.74, 6) is 0.896. The van der Waals surface area contributed by atoms with Gasteiger partial charge in [0, 0.05) is 8.95 Å². The predicted octanol–water partition coefficient (Wildman–Crippen LogP) is 6.26. The molecule has 3 saturated heterocycles. The van der Waals surface area contributed by atoms with E-state index in [0.29, 0.717) is 11.8 Å². The molecule has 0 unspecified atom stereocenters. The van der Waals surface area contributed by atoms with Crippen LogP contribution >= 0.6 is 31.9 Å². The molecule has 6 atom stereocenters. The minimum Gasteiger partial charge on any atom is -0.322 e. The van der Waals surface area contributed by atoms with Crippen LogP contribution in [0.5, 0.6) is 0 Å². The molecule has 5 rings (SSSR count). The third-order valence-electron chi connectivity index (χ3n) is 7.64. The van der Waals surface area contributed by atoms with Gasteiger partial charge in [0.05, 0.1) is 12.1 Å². The van der Waals surface area contributed by atoms with Crippen molar-refractivity contribution in [1.29, 1.82) is 0 Å². The first-order chi connectivity index (χ1) is 15.4. The van der Waals surface area contributed by atoms with Crippen LogP contribution < -0.4 is 0 Å². The van der Waals surface area contributed by atoms with E-state index >= 15 is 0 Å². The van der Waals surface area contributed by atoms with Gasteiger partial charge in [0.1, 0.15) is 12.1 Å². The number of rotatable bonds is 2. The highest BCUT2D eigenvalue weighted by molar-refractivity contribution is 9.10. The lowest BCUT2D eigenvalue weighted by molar-refractivity contribution is -0.177. The van der Waals surface area contributed by atoms with Crippen LogP contribution in [-0.2, 0) is 9.59 Å². The van der Waals surface area contributed by atoms with Crippen LogP contribution in [0, 0.1) is 11.8 Å². The molecule has 2 amide bonds. The highest BCUT2D eigenvalue weighted by Gasteiger charge is 2.55. The summed E-state index contributed by atoms with van der Waals surface area (Å²) in [5, 5.41) is 0. The van der Waals surface area contributed by atoms with Gasteiger partial charge >= 0.3 is 0 Å². The van der Waals surface area contributed by atoms with E-state index in [9.17, 15) is 9.59 Å². The van der Waals surface area contributed by atoms with Gasteiger partial charge in [-0.05, 0) is 72.9 Å². The average Bonchev–Trinajstić information content (AvgIpc) is 2.78. The fraction of sp³-hybridized carbons (Fsp3) is 0.462. The minimum atomic E-state index is -0.369. The number of carbonyl (C=O) groups excluding carboxylic acids is 2. The Labute approximate surface area is 206 Å². The fourth-order valence-electron chi connectivity index (χ4n) is 6.08. The summed E-state index contributed by atoms with van der Waals surface area (Å²) in [6.07, 6.45) is 3.36. The lowest BCUT2D eigenvalue weighted by atomic mass is 9.76. The highest BCUT2D eigenvalue weighted by atomic mass is 79.9. The molecular weight excluding hydrogens is 532 g/mol. The van der Waals surface area contributed by atoms with Crippen molar-refractivity contribution in [2.75, 3.05) is 0 Å². The Kier molecular flexibility index (Phi) is 5.95. The Balaban J connectivity index is 1.54. The quantitative estimate of drug-likeness (QED) is 0.435. The number of fused-ring (bicyclic) bond motifs is 2. The Morgan fingerprint density at radius 1 is 0.625 bits per heavy atom. The average molecular weight is 560 g/mol. The van der Waals surface area contributed by atoms with Gasteiger partial charge in [0.2, 0.25) is 11.8 Å². The topological polar surface area (TPSA) is 40.6 Å². The molecule has 0 saturated carbocycles. The van der Waals surface area contributed by atoms with Gasteiger partial charge < -0.3 is 9.80 Å². The van der Waals surface area contributed by atoms with Crippen LogP contribution in [-0.4, -0.2) is 33.7 Å². The summed E-state index contributed by atoms with van der Waals surface area (Å²) in [5.41, 5.74) is 2.24. The zero-order chi connectivity index (χ0) is 22.6. The van der Waals surface area contributed by atoms with E-state index < -0.39 is 0 Å². The second-order valence-corrected chi connectivity index (χ2v) is 11.5. The first-order valence-corrected chi connectivity index (χ1v) is 13.1. The van der Waals surface area contributed by atoms with Gasteiger partial charge in [0.25, 0.3) is 0 Å². The second kappa shape index (κ2) is 8.60. The SMILES string of the molecule is C[C@@H]1CC[C@H]2C(=O)N3[C@@H](CC[C@@H](C)[C@@H]3c3ccc(Br)cc3)C(=O)N2[C@H]1c1ccc(Br)cc1. The largest absolute Gasteiger partial charge is 0.322 e. The normalized spacial score (nSPS) is 32.5. The van der Waals surface area contributed by atoms with Gasteiger partial charge in [0.15, 0.2) is 0 Å². The van der Waals surface area contributed by atoms with Crippen LogP contribution in [0.15, 0.2) is 57.5 Å². The van der Waals surface area contributed by atoms with E-state index in [0.717, 1.165) is 45.8 Å². The molecule has 168 valence electrons. The fourth-order valence-corrected chi connectivity index (χ4v) is 6.61. The Bertz CT molecular complexity index is 940. The van der Waals surface area contributed by atoms with E-state index in [4.69, 9.17) is 0 Å². The van der Waals surface area contributed by atoms with E-state index in [1.165, 1.54) is 0 Å². The zero-order valence-corrected chi connectivity index (χ0v) is 21.6. The van der Waals surface area contributed by atoms with Gasteiger partial charge in [-0.15, -0.1) is 0 Å². The van der Waals surface area contributed by atoms with Crippen molar-refractivity contribution in [1.82, 2.24) is 9.80 Å². The van der Waals surface area contributed by atoms with Crippen LogP contribution in [0.25, 0.3) is 0 Å². The van der Waals surface area contributed by atoms with Gasteiger partial charge in [-0.25, -0.2) is 0 Å². The number of nitrogens with zero attached hydrogens (tertiary/aromatic N) is 2. The first kappa shape index (κ1) is 22.1. The van der Waals surface area contributed by atoms with Crippen molar-refractivity contribution >= 4 is 43.7 Å². The number of hydrogen-bond donors (Lipinski definition) is 0. The van der Waals surface area contributed by atoms with Crippen molar-refractivity contribution in [2.45, 2.75) is 63.7 Å². The van der Waals surface area contributed by atoms with Crippen molar-refractivity contribution in [3.63, 3.8) is 0 Å². The lowest BCUT2D eigenvalue weighted by Gasteiger charge is -2.56. The number of amides is 2. The number of hydrogen-bond acceptors (Lipinski definition) is 2. The Hall–Kier alpha value is -1.66. The maximum absolute atomic E-state index is 14.0. The molecule has 2 aromatic rings. The monoisotopic (exact) mass is 558 g/mol. The molecule has 0 spiro atoms. The van der Waals surface area contributed by atoms with Crippen molar-refractivity contribution in [3.05, 3.63) is 68.6 Å². The van der Waals surface area contributed by atoms with Crippen molar-refractivity contribution in [3.8, 4) is 0 Å². The van der Waals surface area contributed by atoms with E-state index in [1.807, 2.05) is 34.1 Å². The molecule has 0 aliphatic carbocycles. The number of piperidine rings is 2. The third kappa shape index (κ3) is 3.63. The molecule has 0 aromatic heterocycles. The summed E-state index contributed by atoms with van der Waals surface area (Å²) < 4.78 is 2.04. The highest BCUT2D eigenvalue weighted by Crippen LogP contribution is 2.48. The summed E-state index contributed by atoms with van der Waals surface area (Å²) in [4.78, 5) is 31.9. The molecule has 6 heteroatoms. The standard InChI is InChI=1S/C26H28Br2N2O2/c1-15-3-13-21-26(32)30-22(14-4-16(2)24(30)18-7-11-20(28)12-8-18)25(31)29(21)23(15)17-5-9-19(27)10-6-17/h5-12,15-16,21-24H,3-4,13-14H2,1-2H3/t15-,16-,21+,22+,23-,24-/m1/s1. The molecular formula is C26H28Br2N2O2. The van der Waals surface area contributed by atoms with Crippen LogP contribution in [0.4, 0.5) is 0 Å². The number of benzene rings is 2. The molecule has 0 radical (unpaired) electrons. The van der Waals surface area contributed by atoms with E-state index in [2.05, 4.69) is 70.0 Å². The van der Waals surface area contributed by atoms with Gasteiger partial charge in [-0.2, -0.15) is 0 Å². The van der Waals surface area contributed by atoms with Crippen LogP contribution in [0.2, 0.25) is 0 Å². The summed E-state index contributed by atoms with van der Waals surface area (Å²) >= 11 is 7.03. The maximum Gasteiger partial charge on any atom is 0.246 e. The third-order valence-corrected chi connectivity index (χ3v) is 8.70. The number of carbonyl (C=O) groups is 2. The summed E-state index contributed by atoms with van der Waals surface area (Å²) in [6, 6.07) is 15.6. The Morgan fingerprint density at radius 3 is 1.31 bits per heavy atom. The van der Waals surface area contributed by atoms with E-state index in [1.54, 1.807) is 0 Å². The number of halogens is 2. The molecule has 3 fully saturated rings. The Morgan fingerprint density at radius 2 is 0.969 bits per heavy atom. The van der Waals surface area contributed by atoms with Crippen molar-refractivity contribution in [2.24, 2.45) is 11.8 Å². The summed E-state index contributed by atoms with van der Waals surface area (Å²) in [6.45, 7) is 4.42. The molecule has 2 aromatic carbocycles. The molecule has 3 aliphatic heterocycles. The molecule has 3 aliphatic rings. The molecule has 3 heterocycles. The first-order valence-electron chi connectivity index (χ1n) is 11.5. The molecule has 0 N–H and O–H groups in total.